The van der Waals surface area contributed by atoms with Crippen LogP contribution in [0.1, 0.15) is 20.7 Å². The maximum absolute atomic E-state index is 15.5. The van der Waals surface area contributed by atoms with Crippen LogP contribution in [0.4, 0.5) is 27.2 Å². The lowest BCUT2D eigenvalue weighted by molar-refractivity contribution is -0.153. The molecular formula is C34H36F4N4O10. The number of hydrogen-bond acceptors (Lipinski definition) is 10. The van der Waals surface area contributed by atoms with Crippen LogP contribution in [0.3, 0.4) is 0 Å². The van der Waals surface area contributed by atoms with Gasteiger partial charge < -0.3 is 39.8 Å². The first-order chi connectivity index (χ1) is 24.9. The van der Waals surface area contributed by atoms with Crippen molar-refractivity contribution in [2.24, 2.45) is 0 Å². The quantitative estimate of drug-likeness (QED) is 0.179. The number of carbonyl (C=O) groups excluding carboxylic acids is 4. The van der Waals surface area contributed by atoms with Crippen LogP contribution in [0.25, 0.3) is 0 Å². The van der Waals surface area contributed by atoms with Gasteiger partial charge in [-0.3, -0.25) is 9.80 Å². The molecule has 52 heavy (non-hydrogen) atoms. The number of alkyl halides is 4. The molecule has 0 unspecified atom stereocenters. The standard InChI is InChI=1S/C24H22F2N2O6.C10H14F2N2O4/c25-24(26)19(34-21(30)17-11-5-2-6-12-17)18(15-32-20(29)16-9-3-1-4-10-16)33-22(24)28-14-8-7-13-27-23(28)31;11-10(12)7(16)6(5-15)18-8(10)14-4-2-1-3-13-9(14)17/h1-12,18-19,22H,13-15H2,(H,27,31);1-2,6-8,15-16H,3-5H2,(H,13,17)/t18-,19-,22-;6-,7-,8-/m11/s1. The Morgan fingerprint density at radius 2 is 1.23 bits per heavy atom. The van der Waals surface area contributed by atoms with Crippen molar-refractivity contribution in [3.05, 3.63) is 96.1 Å². The molecule has 0 spiro atoms. The van der Waals surface area contributed by atoms with Crippen molar-refractivity contribution < 1.29 is 65.9 Å². The number of nitrogens with one attached hydrogen (secondary N) is 2. The highest BCUT2D eigenvalue weighted by molar-refractivity contribution is 5.90. The highest BCUT2D eigenvalue weighted by atomic mass is 19.3. The summed E-state index contributed by atoms with van der Waals surface area (Å²) in [5, 5.41) is 23.1. The van der Waals surface area contributed by atoms with Gasteiger partial charge in [-0.1, -0.05) is 60.7 Å². The fourth-order valence-corrected chi connectivity index (χ4v) is 5.61. The zero-order chi connectivity index (χ0) is 37.5. The van der Waals surface area contributed by atoms with Crippen molar-refractivity contribution in [1.82, 2.24) is 20.4 Å². The van der Waals surface area contributed by atoms with Gasteiger partial charge in [0.05, 0.1) is 17.7 Å². The smallest absolute Gasteiger partial charge is 0.338 e. The lowest BCUT2D eigenvalue weighted by atomic mass is 10.1. The van der Waals surface area contributed by atoms with Crippen LogP contribution in [-0.2, 0) is 18.9 Å². The van der Waals surface area contributed by atoms with Gasteiger partial charge in [0, 0.05) is 26.2 Å². The number of ether oxygens (including phenoxy) is 4. The maximum atomic E-state index is 15.5. The average molecular weight is 737 g/mol. The molecule has 0 aromatic heterocycles. The Morgan fingerprint density at radius 1 is 0.750 bits per heavy atom. The Morgan fingerprint density at radius 3 is 1.73 bits per heavy atom. The van der Waals surface area contributed by atoms with E-state index in [4.69, 9.17) is 24.1 Å². The number of benzene rings is 2. The van der Waals surface area contributed by atoms with E-state index in [1.807, 2.05) is 0 Å². The van der Waals surface area contributed by atoms with E-state index in [-0.39, 0.29) is 37.3 Å². The SMILES string of the molecule is O=C(OC[C@H]1O[C@@H](N2CC=CCNC2=O)C(F)(F)[C@@H]1OC(=O)c1ccccc1)c1ccccc1.O=C1NCC=CCN1[C@@H]1O[C@H](CO)[C@@H](O)C1(F)F. The molecular weight excluding hydrogens is 700 g/mol. The number of amides is 4. The van der Waals surface area contributed by atoms with Gasteiger partial charge in [0.1, 0.15) is 18.8 Å². The zero-order valence-corrected chi connectivity index (χ0v) is 27.4. The Balaban J connectivity index is 0.000000244. The van der Waals surface area contributed by atoms with Gasteiger partial charge >= 0.3 is 35.8 Å². The summed E-state index contributed by atoms with van der Waals surface area (Å²) >= 11 is 0. The summed E-state index contributed by atoms with van der Waals surface area (Å²) in [5.74, 6) is -9.15. The number of hydrogen-bond donors (Lipinski definition) is 4. The summed E-state index contributed by atoms with van der Waals surface area (Å²) < 4.78 is 79.4. The number of rotatable bonds is 8. The number of aliphatic hydroxyl groups is 2. The fraction of sp³-hybridized carbons (Fsp3) is 0.412. The second kappa shape index (κ2) is 16.5. The molecule has 2 aromatic carbocycles. The molecule has 4 N–H and O–H groups in total. The lowest BCUT2D eigenvalue weighted by Gasteiger charge is -2.30. The minimum absolute atomic E-state index is 0.0447. The number of aliphatic hydroxyl groups excluding tert-OH is 2. The predicted octanol–water partition coefficient (Wildman–Crippen LogP) is 2.29. The number of esters is 2. The first-order valence-corrected chi connectivity index (χ1v) is 16.1. The Hall–Kier alpha value is -5.04. The van der Waals surface area contributed by atoms with E-state index in [9.17, 15) is 33.1 Å². The summed E-state index contributed by atoms with van der Waals surface area (Å²) in [6.07, 6.45) is -4.72. The first kappa shape index (κ1) is 38.2. The van der Waals surface area contributed by atoms with Crippen molar-refractivity contribution in [2.45, 2.75) is 48.7 Å². The molecule has 4 aliphatic heterocycles. The summed E-state index contributed by atoms with van der Waals surface area (Å²) in [6.45, 7) is -1.10. The van der Waals surface area contributed by atoms with E-state index >= 15 is 8.78 Å². The van der Waals surface area contributed by atoms with Crippen LogP contribution in [0.2, 0.25) is 0 Å². The third kappa shape index (κ3) is 8.36. The van der Waals surface area contributed by atoms with Crippen molar-refractivity contribution in [1.29, 1.82) is 0 Å². The summed E-state index contributed by atoms with van der Waals surface area (Å²) in [6, 6.07) is 14.2. The van der Waals surface area contributed by atoms with Gasteiger partial charge in [-0.25, -0.2) is 19.2 Å². The first-order valence-electron chi connectivity index (χ1n) is 16.1. The normalized spacial score (nSPS) is 27.7. The zero-order valence-electron chi connectivity index (χ0n) is 27.4. The molecule has 14 nitrogen and oxygen atoms in total. The average Bonchev–Trinajstić information content (AvgIpc) is 3.31. The van der Waals surface area contributed by atoms with Crippen LogP contribution >= 0.6 is 0 Å². The van der Waals surface area contributed by atoms with Crippen LogP contribution in [0, 0.1) is 0 Å². The molecule has 18 heteroatoms. The molecule has 6 rings (SSSR count). The number of nitrogens with zero attached hydrogens (tertiary/aromatic N) is 2. The number of carbonyl (C=O) groups is 4. The Labute approximate surface area is 294 Å². The highest BCUT2D eigenvalue weighted by Crippen LogP contribution is 2.41. The third-order valence-corrected chi connectivity index (χ3v) is 8.31. The third-order valence-electron chi connectivity index (χ3n) is 8.31. The minimum Gasteiger partial charge on any atom is -0.459 e. The molecule has 2 fully saturated rings. The monoisotopic (exact) mass is 736 g/mol. The predicted molar refractivity (Wildman–Crippen MR) is 171 cm³/mol. The van der Waals surface area contributed by atoms with E-state index in [1.54, 1.807) is 60.7 Å². The van der Waals surface area contributed by atoms with Crippen LogP contribution in [-0.4, -0.2) is 132 Å². The summed E-state index contributed by atoms with van der Waals surface area (Å²) in [4.78, 5) is 50.5. The highest BCUT2D eigenvalue weighted by Gasteiger charge is 2.64. The van der Waals surface area contributed by atoms with Crippen molar-refractivity contribution in [3.63, 3.8) is 0 Å². The Kier molecular flexibility index (Phi) is 12.1. The molecule has 0 saturated carbocycles. The molecule has 0 aliphatic carbocycles. The van der Waals surface area contributed by atoms with E-state index < -0.39 is 85.9 Å². The fourth-order valence-electron chi connectivity index (χ4n) is 5.61. The summed E-state index contributed by atoms with van der Waals surface area (Å²) in [7, 11) is 0. The minimum atomic E-state index is -3.79. The van der Waals surface area contributed by atoms with Crippen LogP contribution in [0.15, 0.2) is 85.0 Å². The molecule has 2 aromatic rings. The molecule has 4 heterocycles. The number of halogens is 4. The number of urea groups is 2. The molecule has 2 saturated heterocycles. The van der Waals surface area contributed by atoms with E-state index in [0.717, 1.165) is 9.80 Å². The van der Waals surface area contributed by atoms with Gasteiger partial charge in [0.15, 0.2) is 12.2 Å². The molecule has 280 valence electrons. The van der Waals surface area contributed by atoms with Gasteiger partial charge in [-0.15, -0.1) is 0 Å². The van der Waals surface area contributed by atoms with Gasteiger partial charge in [0.2, 0.25) is 12.5 Å². The second-order valence-corrected chi connectivity index (χ2v) is 11.8. The largest absolute Gasteiger partial charge is 0.459 e. The topological polar surface area (TPSA) is 176 Å². The van der Waals surface area contributed by atoms with Crippen LogP contribution in [0.5, 0.6) is 0 Å². The molecule has 0 bridgehead atoms. The van der Waals surface area contributed by atoms with Gasteiger partial charge in [-0.2, -0.15) is 17.6 Å². The van der Waals surface area contributed by atoms with Crippen LogP contribution < -0.4 is 10.6 Å². The van der Waals surface area contributed by atoms with Crippen molar-refractivity contribution >= 4 is 24.0 Å². The van der Waals surface area contributed by atoms with E-state index in [2.05, 4.69) is 10.6 Å². The second-order valence-electron chi connectivity index (χ2n) is 11.8. The van der Waals surface area contributed by atoms with E-state index in [1.165, 1.54) is 24.3 Å². The van der Waals surface area contributed by atoms with Gasteiger partial charge in [-0.05, 0) is 24.3 Å². The molecule has 4 amide bonds. The molecule has 6 atom stereocenters. The van der Waals surface area contributed by atoms with Crippen molar-refractivity contribution in [2.75, 3.05) is 39.4 Å². The maximum Gasteiger partial charge on any atom is 0.338 e. The molecule has 4 aliphatic rings. The van der Waals surface area contributed by atoms with E-state index in [0.29, 0.717) is 0 Å². The van der Waals surface area contributed by atoms with Gasteiger partial charge in [0.25, 0.3) is 0 Å². The van der Waals surface area contributed by atoms with Crippen molar-refractivity contribution in [3.8, 4) is 0 Å². The summed E-state index contributed by atoms with van der Waals surface area (Å²) in [5.41, 5.74) is 0.288. The molecule has 0 radical (unpaired) electrons. The lowest BCUT2D eigenvalue weighted by Crippen LogP contribution is -2.54. The Bertz CT molecular complexity index is 1630.